The number of carbonyl (C=O) groups is 1. The van der Waals surface area contributed by atoms with Crippen molar-refractivity contribution in [3.63, 3.8) is 0 Å². The molecule has 0 unspecified atom stereocenters. The lowest BCUT2D eigenvalue weighted by molar-refractivity contribution is -0.142. The molecule has 0 aromatic heterocycles. The Morgan fingerprint density at radius 2 is 2.00 bits per heavy atom. The Morgan fingerprint density at radius 1 is 1.46 bits per heavy atom. The molecule has 0 aliphatic heterocycles. The normalized spacial score (nSPS) is 14.2. The fourth-order valence-electron chi connectivity index (χ4n) is 1.19. The van der Waals surface area contributed by atoms with E-state index in [0.29, 0.717) is 0 Å². The summed E-state index contributed by atoms with van der Waals surface area (Å²) in [4.78, 5) is 10.9. The molecule has 13 heavy (non-hydrogen) atoms. The molecule has 0 aliphatic rings. The van der Waals surface area contributed by atoms with Gasteiger partial charge in [-0.25, -0.2) is 0 Å². The summed E-state index contributed by atoms with van der Waals surface area (Å²) in [5.41, 5.74) is -0.223. The van der Waals surface area contributed by atoms with Crippen LogP contribution in [0, 0.1) is 5.41 Å². The summed E-state index contributed by atoms with van der Waals surface area (Å²) in [7, 11) is 0. The number of carboxylic acid groups (broad SMARTS) is 1. The van der Waals surface area contributed by atoms with Crippen molar-refractivity contribution < 1.29 is 9.90 Å². The molecule has 0 aromatic rings. The Labute approximate surface area is 80.5 Å². The van der Waals surface area contributed by atoms with Crippen molar-refractivity contribution in [3.05, 3.63) is 0 Å². The Morgan fingerprint density at radius 3 is 2.31 bits per heavy atom. The zero-order valence-corrected chi connectivity index (χ0v) is 9.05. The van der Waals surface area contributed by atoms with Gasteiger partial charge >= 0.3 is 5.97 Å². The molecule has 0 fully saturated rings. The fraction of sp³-hybridized carbons (Fsp3) is 0.900. The summed E-state index contributed by atoms with van der Waals surface area (Å²) in [6.07, 6.45) is 2.11. The van der Waals surface area contributed by atoms with Crippen LogP contribution in [0.2, 0.25) is 0 Å². The maximum absolute atomic E-state index is 10.9. The first-order chi connectivity index (χ1) is 5.89. The molecule has 0 aromatic carbocycles. The van der Waals surface area contributed by atoms with Crippen molar-refractivity contribution in [2.24, 2.45) is 5.41 Å². The Bertz CT molecular complexity index is 161. The number of nitrogens with one attached hydrogen (secondary N) is 1. The molecule has 2 N–H and O–H groups in total. The molecule has 78 valence electrons. The standard InChI is InChI=1S/C10H21NO2/c1-5-6-7-11-8(9(12)13)10(2,3)4/h8,11H,5-7H2,1-4H3,(H,12,13)/t8-/m1/s1. The minimum Gasteiger partial charge on any atom is -0.480 e. The van der Waals surface area contributed by atoms with Crippen molar-refractivity contribution >= 4 is 5.97 Å². The molecule has 0 heterocycles. The third-order valence-electron chi connectivity index (χ3n) is 1.99. The summed E-state index contributed by atoms with van der Waals surface area (Å²) in [6, 6.07) is -0.445. The van der Waals surface area contributed by atoms with E-state index in [1.807, 2.05) is 20.8 Å². The van der Waals surface area contributed by atoms with Gasteiger partial charge in [0.1, 0.15) is 6.04 Å². The third-order valence-corrected chi connectivity index (χ3v) is 1.99. The van der Waals surface area contributed by atoms with Gasteiger partial charge in [0, 0.05) is 0 Å². The lowest BCUT2D eigenvalue weighted by Crippen LogP contribution is -2.46. The summed E-state index contributed by atoms with van der Waals surface area (Å²) in [5.74, 6) is -0.761. The van der Waals surface area contributed by atoms with Gasteiger partial charge in [0.25, 0.3) is 0 Å². The Kier molecular flexibility index (Phi) is 4.99. The van der Waals surface area contributed by atoms with Crippen molar-refractivity contribution in [1.82, 2.24) is 5.32 Å². The third kappa shape index (κ3) is 4.88. The highest BCUT2D eigenvalue weighted by atomic mass is 16.4. The average Bonchev–Trinajstić information content (AvgIpc) is 1.94. The van der Waals surface area contributed by atoms with E-state index < -0.39 is 12.0 Å². The molecule has 3 nitrogen and oxygen atoms in total. The molecular formula is C10H21NO2. The second-order valence-electron chi connectivity index (χ2n) is 4.44. The molecule has 1 atom stereocenters. The van der Waals surface area contributed by atoms with Gasteiger partial charge in [-0.05, 0) is 18.4 Å². The predicted molar refractivity (Wildman–Crippen MR) is 53.8 cm³/mol. The van der Waals surface area contributed by atoms with Crippen LogP contribution in [0.15, 0.2) is 0 Å². The van der Waals surface area contributed by atoms with E-state index in [1.165, 1.54) is 0 Å². The van der Waals surface area contributed by atoms with Gasteiger partial charge in [-0.15, -0.1) is 0 Å². The molecule has 0 radical (unpaired) electrons. The van der Waals surface area contributed by atoms with E-state index >= 15 is 0 Å². The minimum atomic E-state index is -0.761. The van der Waals surface area contributed by atoms with Gasteiger partial charge in [-0.3, -0.25) is 4.79 Å². The Balaban J connectivity index is 4.04. The van der Waals surface area contributed by atoms with Crippen LogP contribution in [-0.2, 0) is 4.79 Å². The van der Waals surface area contributed by atoms with Crippen LogP contribution in [0.4, 0.5) is 0 Å². The zero-order valence-electron chi connectivity index (χ0n) is 9.05. The van der Waals surface area contributed by atoms with E-state index in [0.717, 1.165) is 19.4 Å². The van der Waals surface area contributed by atoms with Gasteiger partial charge in [0.2, 0.25) is 0 Å². The number of rotatable bonds is 5. The average molecular weight is 187 g/mol. The van der Waals surface area contributed by atoms with Gasteiger partial charge in [-0.1, -0.05) is 34.1 Å². The second kappa shape index (κ2) is 5.22. The van der Waals surface area contributed by atoms with E-state index in [2.05, 4.69) is 12.2 Å². The van der Waals surface area contributed by atoms with Crippen LogP contribution in [0.3, 0.4) is 0 Å². The predicted octanol–water partition coefficient (Wildman–Crippen LogP) is 1.88. The van der Waals surface area contributed by atoms with Gasteiger partial charge < -0.3 is 10.4 Å². The lowest BCUT2D eigenvalue weighted by Gasteiger charge is -2.27. The van der Waals surface area contributed by atoms with E-state index in [-0.39, 0.29) is 5.41 Å². The number of carboxylic acids is 1. The largest absolute Gasteiger partial charge is 0.480 e. The molecule has 0 spiro atoms. The highest BCUT2D eigenvalue weighted by molar-refractivity contribution is 5.74. The summed E-state index contributed by atoms with van der Waals surface area (Å²) < 4.78 is 0. The quantitative estimate of drug-likeness (QED) is 0.646. The van der Waals surface area contributed by atoms with Crippen molar-refractivity contribution in [1.29, 1.82) is 0 Å². The molecule has 0 saturated heterocycles. The van der Waals surface area contributed by atoms with Crippen LogP contribution in [0.25, 0.3) is 0 Å². The molecule has 0 rings (SSSR count). The number of hydrogen-bond acceptors (Lipinski definition) is 2. The van der Waals surface area contributed by atoms with Crippen molar-refractivity contribution in [2.75, 3.05) is 6.54 Å². The topological polar surface area (TPSA) is 49.3 Å². The second-order valence-corrected chi connectivity index (χ2v) is 4.44. The SMILES string of the molecule is CCCCN[C@H](C(=O)O)C(C)(C)C. The van der Waals surface area contributed by atoms with Crippen LogP contribution < -0.4 is 5.32 Å². The highest BCUT2D eigenvalue weighted by Gasteiger charge is 2.30. The zero-order chi connectivity index (χ0) is 10.5. The van der Waals surface area contributed by atoms with Gasteiger partial charge in [0.05, 0.1) is 0 Å². The Hall–Kier alpha value is -0.570. The molecule has 0 amide bonds. The van der Waals surface area contributed by atoms with Crippen molar-refractivity contribution in [2.45, 2.75) is 46.6 Å². The van der Waals surface area contributed by atoms with Crippen molar-refractivity contribution in [3.8, 4) is 0 Å². The van der Waals surface area contributed by atoms with Crippen LogP contribution in [0.5, 0.6) is 0 Å². The minimum absolute atomic E-state index is 0.223. The first-order valence-corrected chi connectivity index (χ1v) is 4.85. The maximum atomic E-state index is 10.9. The molecule has 0 saturated carbocycles. The highest BCUT2D eigenvalue weighted by Crippen LogP contribution is 2.19. The lowest BCUT2D eigenvalue weighted by atomic mass is 9.87. The van der Waals surface area contributed by atoms with Gasteiger partial charge in [-0.2, -0.15) is 0 Å². The van der Waals surface area contributed by atoms with E-state index in [4.69, 9.17) is 5.11 Å². The number of hydrogen-bond donors (Lipinski definition) is 2. The summed E-state index contributed by atoms with van der Waals surface area (Å²) in [5, 5.41) is 12.0. The maximum Gasteiger partial charge on any atom is 0.321 e. The van der Waals surface area contributed by atoms with Gasteiger partial charge in [0.15, 0.2) is 0 Å². The fourth-order valence-corrected chi connectivity index (χ4v) is 1.19. The van der Waals surface area contributed by atoms with Crippen LogP contribution >= 0.6 is 0 Å². The number of aliphatic carboxylic acids is 1. The van der Waals surface area contributed by atoms with Crippen LogP contribution in [-0.4, -0.2) is 23.7 Å². The molecular weight excluding hydrogens is 166 g/mol. The number of unbranched alkanes of at least 4 members (excludes halogenated alkanes) is 1. The smallest absolute Gasteiger partial charge is 0.321 e. The first kappa shape index (κ1) is 12.4. The first-order valence-electron chi connectivity index (χ1n) is 4.85. The van der Waals surface area contributed by atoms with Crippen LogP contribution in [0.1, 0.15) is 40.5 Å². The summed E-state index contributed by atoms with van der Waals surface area (Å²) >= 11 is 0. The van der Waals surface area contributed by atoms with E-state index in [1.54, 1.807) is 0 Å². The molecule has 0 aliphatic carbocycles. The molecule has 0 bridgehead atoms. The monoisotopic (exact) mass is 187 g/mol. The molecule has 3 heteroatoms. The van der Waals surface area contributed by atoms with E-state index in [9.17, 15) is 4.79 Å². The summed E-state index contributed by atoms with van der Waals surface area (Å²) in [6.45, 7) is 8.68.